The summed E-state index contributed by atoms with van der Waals surface area (Å²) in [5.41, 5.74) is 1.14. The third-order valence-corrected chi connectivity index (χ3v) is 5.10. The molecule has 0 radical (unpaired) electrons. The van der Waals surface area contributed by atoms with Crippen molar-refractivity contribution < 1.29 is 23.7 Å². The number of hydrogen-bond donors (Lipinski definition) is 1. The molecule has 1 aromatic heterocycles. The van der Waals surface area contributed by atoms with E-state index in [0.29, 0.717) is 53.4 Å². The molecule has 1 amide bonds. The van der Waals surface area contributed by atoms with Crippen molar-refractivity contribution in [3.8, 4) is 23.0 Å². The maximum absolute atomic E-state index is 12.8. The summed E-state index contributed by atoms with van der Waals surface area (Å²) in [5.74, 6) is 2.21. The molecular weight excluding hydrogens is 414 g/mol. The van der Waals surface area contributed by atoms with Gasteiger partial charge in [0.2, 0.25) is 5.91 Å². The first-order chi connectivity index (χ1) is 15.5. The lowest BCUT2D eigenvalue weighted by Crippen LogP contribution is -2.25. The number of carbonyl (C=O) groups is 1. The lowest BCUT2D eigenvalue weighted by Gasteiger charge is -2.12. The molecule has 3 aromatic rings. The molecule has 0 aliphatic rings. The second-order valence-electron chi connectivity index (χ2n) is 7.03. The normalized spacial score (nSPS) is 10.6. The fourth-order valence-electron chi connectivity index (χ4n) is 3.36. The number of rotatable bonds is 10. The quantitative estimate of drug-likeness (QED) is 0.516. The van der Waals surface area contributed by atoms with Crippen LogP contribution in [0.3, 0.4) is 0 Å². The zero-order valence-corrected chi connectivity index (χ0v) is 18.6. The second-order valence-corrected chi connectivity index (χ2v) is 7.03. The smallest absolute Gasteiger partial charge is 0.261 e. The molecule has 0 fully saturated rings. The topological polar surface area (TPSA) is 101 Å². The van der Waals surface area contributed by atoms with E-state index < -0.39 is 0 Å². The van der Waals surface area contributed by atoms with Gasteiger partial charge in [-0.05, 0) is 30.7 Å². The van der Waals surface area contributed by atoms with Gasteiger partial charge in [-0.15, -0.1) is 0 Å². The highest BCUT2D eigenvalue weighted by atomic mass is 16.5. The minimum Gasteiger partial charge on any atom is -0.497 e. The minimum atomic E-state index is -0.197. The predicted octanol–water partition coefficient (Wildman–Crippen LogP) is 2.53. The van der Waals surface area contributed by atoms with Gasteiger partial charge < -0.3 is 24.3 Å². The zero-order chi connectivity index (χ0) is 23.1. The van der Waals surface area contributed by atoms with Crippen LogP contribution in [0.2, 0.25) is 0 Å². The number of methoxy groups -OCH3 is 4. The molecule has 32 heavy (non-hydrogen) atoms. The molecule has 0 aliphatic carbocycles. The number of nitrogens with zero attached hydrogens (tertiary/aromatic N) is 2. The van der Waals surface area contributed by atoms with Crippen LogP contribution in [0.4, 0.5) is 0 Å². The maximum Gasteiger partial charge on any atom is 0.261 e. The summed E-state index contributed by atoms with van der Waals surface area (Å²) in [4.78, 5) is 29.4. The second kappa shape index (κ2) is 10.5. The number of benzene rings is 2. The molecule has 0 aliphatic heterocycles. The third kappa shape index (κ3) is 5.11. The van der Waals surface area contributed by atoms with Crippen LogP contribution in [-0.4, -0.2) is 43.9 Å². The van der Waals surface area contributed by atoms with E-state index in [-0.39, 0.29) is 17.9 Å². The molecule has 9 heteroatoms. The monoisotopic (exact) mass is 441 g/mol. The van der Waals surface area contributed by atoms with Gasteiger partial charge in [0.25, 0.3) is 5.56 Å². The van der Waals surface area contributed by atoms with Gasteiger partial charge in [-0.2, -0.15) is 0 Å². The Bertz CT molecular complexity index is 1160. The number of aryl methyl sites for hydroxylation is 1. The summed E-state index contributed by atoms with van der Waals surface area (Å²) in [6.07, 6.45) is 2.24. The van der Waals surface area contributed by atoms with Crippen LogP contribution in [0.5, 0.6) is 23.0 Å². The lowest BCUT2D eigenvalue weighted by molar-refractivity contribution is -0.121. The summed E-state index contributed by atoms with van der Waals surface area (Å²) >= 11 is 0. The van der Waals surface area contributed by atoms with Crippen LogP contribution in [0, 0.1) is 0 Å². The molecule has 1 N–H and O–H groups in total. The molecule has 2 aromatic carbocycles. The van der Waals surface area contributed by atoms with Gasteiger partial charge >= 0.3 is 0 Å². The number of hydrogen-bond acceptors (Lipinski definition) is 7. The maximum atomic E-state index is 12.8. The van der Waals surface area contributed by atoms with Gasteiger partial charge in [0.05, 0.1) is 45.7 Å². The molecule has 0 bridgehead atoms. The Morgan fingerprint density at radius 2 is 1.69 bits per heavy atom. The van der Waals surface area contributed by atoms with Crippen LogP contribution >= 0.6 is 0 Å². The number of fused-ring (bicyclic) bond motifs is 1. The number of carbonyl (C=O) groups excluding carboxylic acids is 1. The molecule has 0 unspecified atom stereocenters. The highest BCUT2D eigenvalue weighted by Gasteiger charge is 2.12. The van der Waals surface area contributed by atoms with E-state index >= 15 is 0 Å². The number of amides is 1. The average molecular weight is 441 g/mol. The molecule has 1 heterocycles. The van der Waals surface area contributed by atoms with Gasteiger partial charge in [-0.25, -0.2) is 4.98 Å². The summed E-state index contributed by atoms with van der Waals surface area (Å²) in [7, 11) is 6.20. The van der Waals surface area contributed by atoms with Gasteiger partial charge in [0.1, 0.15) is 11.5 Å². The summed E-state index contributed by atoms with van der Waals surface area (Å²) < 4.78 is 22.6. The van der Waals surface area contributed by atoms with E-state index in [4.69, 9.17) is 18.9 Å². The Kier molecular flexibility index (Phi) is 7.54. The van der Waals surface area contributed by atoms with Crippen molar-refractivity contribution in [2.24, 2.45) is 0 Å². The first kappa shape index (κ1) is 22.9. The van der Waals surface area contributed by atoms with E-state index in [1.807, 2.05) is 6.07 Å². The van der Waals surface area contributed by atoms with Crippen molar-refractivity contribution in [3.63, 3.8) is 0 Å². The van der Waals surface area contributed by atoms with Crippen LogP contribution < -0.4 is 29.8 Å². The van der Waals surface area contributed by atoms with Crippen LogP contribution in [0.15, 0.2) is 41.5 Å². The number of aromatic nitrogens is 2. The van der Waals surface area contributed by atoms with Crippen molar-refractivity contribution in [2.75, 3.05) is 28.4 Å². The Hall–Kier alpha value is -3.75. The summed E-state index contributed by atoms with van der Waals surface area (Å²) in [6, 6.07) is 8.70. The highest BCUT2D eigenvalue weighted by molar-refractivity contribution is 5.81. The van der Waals surface area contributed by atoms with E-state index in [1.54, 1.807) is 38.5 Å². The SMILES string of the molecule is COc1ccc(OC)c(CNC(=O)CCCn2cnc3cc(OC)c(OC)cc3c2=O)c1. The fraction of sp³-hybridized carbons (Fsp3) is 0.348. The lowest BCUT2D eigenvalue weighted by atomic mass is 10.2. The predicted molar refractivity (Wildman–Crippen MR) is 120 cm³/mol. The largest absolute Gasteiger partial charge is 0.497 e. The molecule has 0 atom stereocenters. The number of nitrogens with one attached hydrogen (secondary N) is 1. The van der Waals surface area contributed by atoms with E-state index in [1.165, 1.54) is 25.1 Å². The first-order valence-electron chi connectivity index (χ1n) is 10.1. The molecule has 3 rings (SSSR count). The highest BCUT2D eigenvalue weighted by Crippen LogP contribution is 2.29. The Morgan fingerprint density at radius 1 is 0.969 bits per heavy atom. The molecule has 170 valence electrons. The standard InChI is InChI=1S/C23H27N3O6/c1-29-16-7-8-19(30-2)15(10-16)13-24-22(27)6-5-9-26-14-25-18-12-21(32-4)20(31-3)11-17(18)23(26)28/h7-8,10-12,14H,5-6,9,13H2,1-4H3,(H,24,27). The molecule has 0 saturated carbocycles. The van der Waals surface area contributed by atoms with Gasteiger partial charge in [-0.3, -0.25) is 14.2 Å². The molecular formula is C23H27N3O6. The van der Waals surface area contributed by atoms with Crippen LogP contribution in [-0.2, 0) is 17.9 Å². The third-order valence-electron chi connectivity index (χ3n) is 5.10. The van der Waals surface area contributed by atoms with E-state index in [9.17, 15) is 9.59 Å². The zero-order valence-electron chi connectivity index (χ0n) is 18.6. The van der Waals surface area contributed by atoms with Crippen LogP contribution in [0.1, 0.15) is 18.4 Å². The Labute approximate surface area is 185 Å². The van der Waals surface area contributed by atoms with Crippen molar-refractivity contribution in [1.29, 1.82) is 0 Å². The summed E-state index contributed by atoms with van der Waals surface area (Å²) in [5, 5.41) is 3.31. The average Bonchev–Trinajstić information content (AvgIpc) is 2.83. The molecule has 9 nitrogen and oxygen atoms in total. The van der Waals surface area contributed by atoms with Crippen molar-refractivity contribution in [1.82, 2.24) is 14.9 Å². The Morgan fingerprint density at radius 3 is 2.38 bits per heavy atom. The molecule has 0 spiro atoms. The number of ether oxygens (including phenoxy) is 4. The van der Waals surface area contributed by atoms with Gasteiger partial charge in [-0.1, -0.05) is 0 Å². The first-order valence-corrected chi connectivity index (χ1v) is 10.1. The molecule has 0 saturated heterocycles. The fourth-order valence-corrected chi connectivity index (χ4v) is 3.36. The van der Waals surface area contributed by atoms with Crippen molar-refractivity contribution >= 4 is 16.8 Å². The van der Waals surface area contributed by atoms with Gasteiger partial charge in [0, 0.05) is 31.1 Å². The van der Waals surface area contributed by atoms with Crippen LogP contribution in [0.25, 0.3) is 10.9 Å². The van der Waals surface area contributed by atoms with Gasteiger partial charge in [0.15, 0.2) is 11.5 Å². The summed E-state index contributed by atoms with van der Waals surface area (Å²) in [6.45, 7) is 0.685. The Balaban J connectivity index is 1.61. The van der Waals surface area contributed by atoms with Crippen molar-refractivity contribution in [2.45, 2.75) is 25.9 Å². The minimum absolute atomic E-state index is 0.122. The van der Waals surface area contributed by atoms with E-state index in [0.717, 1.165) is 5.56 Å². The van der Waals surface area contributed by atoms with Crippen molar-refractivity contribution in [3.05, 3.63) is 52.6 Å². The van der Waals surface area contributed by atoms with E-state index in [2.05, 4.69) is 10.3 Å².